The summed E-state index contributed by atoms with van der Waals surface area (Å²) in [6, 6.07) is 30.9. The molecule has 0 atom stereocenters. The van der Waals surface area contributed by atoms with E-state index in [0.717, 1.165) is 11.4 Å². The van der Waals surface area contributed by atoms with Crippen molar-refractivity contribution in [2.45, 2.75) is 0 Å². The summed E-state index contributed by atoms with van der Waals surface area (Å²) < 4.78 is 34.9. The van der Waals surface area contributed by atoms with Gasteiger partial charge in [0, 0.05) is 0 Å². The number of nitrogens with two attached hydrogens (primary N) is 2. The van der Waals surface area contributed by atoms with Crippen LogP contribution in [0.2, 0.25) is 0 Å². The average Bonchev–Trinajstić information content (AvgIpc) is 3.99. The van der Waals surface area contributed by atoms with Gasteiger partial charge in [-0.2, -0.15) is 22.3 Å². The largest absolute Gasteiger partial charge is 0.492 e. The van der Waals surface area contributed by atoms with E-state index in [9.17, 15) is 0 Å². The van der Waals surface area contributed by atoms with Crippen LogP contribution in [0.5, 0.6) is 23.0 Å². The van der Waals surface area contributed by atoms with Crippen LogP contribution in [0.15, 0.2) is 121 Å². The first kappa shape index (κ1) is 42.0. The van der Waals surface area contributed by atoms with E-state index < -0.39 is 0 Å². The molecular weight excluding hydrogens is 848 g/mol. The highest BCUT2D eigenvalue weighted by molar-refractivity contribution is 9.10. The van der Waals surface area contributed by atoms with Gasteiger partial charge in [-0.1, -0.05) is 0 Å². The minimum Gasteiger partial charge on any atom is -0.492 e. The van der Waals surface area contributed by atoms with Crippen molar-refractivity contribution >= 4 is 52.0 Å². The van der Waals surface area contributed by atoms with E-state index in [1.54, 1.807) is 101 Å². The van der Waals surface area contributed by atoms with Gasteiger partial charge < -0.3 is 17.8 Å². The lowest BCUT2D eigenvalue weighted by molar-refractivity contribution is -0.199. The van der Waals surface area contributed by atoms with Gasteiger partial charge >= 0.3 is 0 Å². The maximum atomic E-state index is 8.98. The van der Waals surface area contributed by atoms with E-state index in [-0.39, 0.29) is 0 Å². The zero-order chi connectivity index (χ0) is 40.1. The Balaban J connectivity index is 0.000000218. The molecule has 0 aliphatic carbocycles. The van der Waals surface area contributed by atoms with E-state index in [0.29, 0.717) is 89.5 Å². The van der Waals surface area contributed by atoms with E-state index in [2.05, 4.69) is 67.1 Å². The number of aromatic nitrogens is 6. The second-order valence-corrected chi connectivity index (χ2v) is 12.4. The standard InChI is InChI=1S/C17H15BrN6O4S.C17H16N6O4S/c18-16-9-15(5-6-17(16)26-29-28-27-20)25-8-7-24(23-11-21-22-12-23)14-3-1-13(10-19)2-4-14;18-11-14-1-3-15(4-2-14)23(22-12-20-21-13-22)9-10-24-16-5-7-17(8-6-16)25-28-27-26-19/h1-6,9,11-12H,7-8,20H2;1-8,12-13H,9-10,19H2. The molecule has 0 bridgehead atoms. The molecule has 4 N–H and O–H groups in total. The van der Waals surface area contributed by atoms with Crippen LogP contribution in [0.1, 0.15) is 11.1 Å². The Kier molecular flexibility index (Phi) is 17.0. The van der Waals surface area contributed by atoms with Crippen LogP contribution in [0.4, 0.5) is 11.4 Å². The van der Waals surface area contributed by atoms with Crippen LogP contribution >= 0.6 is 40.6 Å². The van der Waals surface area contributed by atoms with Gasteiger partial charge in [0.15, 0.2) is 5.75 Å². The van der Waals surface area contributed by atoms with Gasteiger partial charge in [-0.05, 0) is 107 Å². The second-order valence-electron chi connectivity index (χ2n) is 10.6. The fraction of sp³-hybridized carbons (Fsp3) is 0.118. The van der Waals surface area contributed by atoms with Crippen LogP contribution in [0.25, 0.3) is 0 Å². The summed E-state index contributed by atoms with van der Waals surface area (Å²) in [5.74, 6) is 11.9. The Morgan fingerprint density at radius 2 is 1.04 bits per heavy atom. The summed E-state index contributed by atoms with van der Waals surface area (Å²) in [4.78, 5) is 7.87. The molecule has 20 nitrogen and oxygen atoms in total. The van der Waals surface area contributed by atoms with E-state index in [1.165, 1.54) is 0 Å². The van der Waals surface area contributed by atoms with Gasteiger partial charge in [0.1, 0.15) is 55.8 Å². The molecule has 0 fully saturated rings. The minimum atomic E-state index is 0.379. The van der Waals surface area contributed by atoms with Crippen molar-refractivity contribution in [3.63, 3.8) is 0 Å². The third-order valence-electron chi connectivity index (χ3n) is 7.22. The monoisotopic (exact) mass is 878 g/mol. The quantitative estimate of drug-likeness (QED) is 0.0428. The van der Waals surface area contributed by atoms with Crippen molar-refractivity contribution < 1.29 is 36.5 Å². The number of halogens is 1. The molecule has 57 heavy (non-hydrogen) atoms. The third kappa shape index (κ3) is 13.3. The van der Waals surface area contributed by atoms with Gasteiger partial charge in [0.2, 0.25) is 0 Å². The van der Waals surface area contributed by atoms with Crippen molar-refractivity contribution in [2.24, 2.45) is 11.8 Å². The normalized spacial score (nSPS) is 10.3. The summed E-state index contributed by atoms with van der Waals surface area (Å²) in [6.45, 7) is 1.82. The SMILES string of the molecule is N#Cc1ccc(N(CCOc2ccc(OSOON)c(Br)c2)n2cnnc2)cc1.N#Cc1ccc(N(CCOc2ccc(OSOON)cc2)n2cnnc2)cc1. The van der Waals surface area contributed by atoms with Gasteiger partial charge in [0.05, 0.1) is 52.2 Å². The van der Waals surface area contributed by atoms with Crippen LogP contribution in [-0.4, -0.2) is 56.1 Å². The second kappa shape index (κ2) is 23.1. The highest BCUT2D eigenvalue weighted by Crippen LogP contribution is 2.32. The molecule has 2 aromatic heterocycles. The maximum absolute atomic E-state index is 8.98. The number of hydrogen-bond acceptors (Lipinski definition) is 20. The first-order chi connectivity index (χ1) is 28.0. The number of nitrogens with zero attached hydrogens (tertiary/aromatic N) is 10. The molecule has 2 heterocycles. The molecule has 0 saturated heterocycles. The van der Waals surface area contributed by atoms with Crippen molar-refractivity contribution in [1.82, 2.24) is 29.7 Å². The van der Waals surface area contributed by atoms with Gasteiger partial charge in [0.25, 0.3) is 24.6 Å². The van der Waals surface area contributed by atoms with Crippen molar-refractivity contribution in [2.75, 3.05) is 36.3 Å². The number of ether oxygens (including phenoxy) is 2. The Morgan fingerprint density at radius 1 is 0.596 bits per heavy atom. The predicted molar refractivity (Wildman–Crippen MR) is 209 cm³/mol. The molecular formula is C34H31BrN12O8S2. The Labute approximate surface area is 342 Å². The van der Waals surface area contributed by atoms with E-state index >= 15 is 0 Å². The van der Waals surface area contributed by atoms with E-state index in [1.807, 2.05) is 34.3 Å². The number of hydrogen-bond donors (Lipinski definition) is 2. The summed E-state index contributed by atoms with van der Waals surface area (Å²) in [5, 5.41) is 37.2. The summed E-state index contributed by atoms with van der Waals surface area (Å²) in [6.07, 6.45) is 6.36. The summed E-state index contributed by atoms with van der Waals surface area (Å²) in [5.41, 5.74) is 2.93. The number of anilines is 2. The number of nitriles is 2. The summed E-state index contributed by atoms with van der Waals surface area (Å²) >= 11 is 4.59. The highest BCUT2D eigenvalue weighted by Gasteiger charge is 2.12. The van der Waals surface area contributed by atoms with Crippen molar-refractivity contribution in [3.05, 3.63) is 132 Å². The molecule has 0 spiro atoms. The lowest BCUT2D eigenvalue weighted by Crippen LogP contribution is -2.32. The van der Waals surface area contributed by atoms with Gasteiger partial charge in [-0.3, -0.25) is 10.0 Å². The van der Waals surface area contributed by atoms with Gasteiger partial charge in [-0.15, -0.1) is 39.0 Å². The predicted octanol–water partition coefficient (Wildman–Crippen LogP) is 5.29. The van der Waals surface area contributed by atoms with Crippen LogP contribution < -0.4 is 39.7 Å². The molecule has 0 radical (unpaired) electrons. The maximum Gasteiger partial charge on any atom is 0.260 e. The van der Waals surface area contributed by atoms with Crippen molar-refractivity contribution in [3.8, 4) is 35.1 Å². The molecule has 0 aliphatic heterocycles. The minimum absolute atomic E-state index is 0.379. The van der Waals surface area contributed by atoms with Crippen LogP contribution in [-0.2, 0) is 18.6 Å². The molecule has 0 amide bonds. The fourth-order valence-electron chi connectivity index (χ4n) is 4.68. The molecule has 23 heteroatoms. The zero-order valence-electron chi connectivity index (χ0n) is 29.4. The number of rotatable bonds is 20. The van der Waals surface area contributed by atoms with E-state index in [4.69, 9.17) is 40.2 Å². The molecule has 0 saturated carbocycles. The Bertz CT molecular complexity index is 2140. The van der Waals surface area contributed by atoms with Gasteiger partial charge in [-0.25, -0.2) is 9.35 Å². The molecule has 0 aliphatic rings. The molecule has 4 aromatic carbocycles. The Hall–Kier alpha value is -6.12. The molecule has 294 valence electrons. The fourth-order valence-corrected chi connectivity index (χ4v) is 5.75. The average molecular weight is 880 g/mol. The molecule has 6 rings (SSSR count). The summed E-state index contributed by atoms with van der Waals surface area (Å²) in [7, 11) is 0. The van der Waals surface area contributed by atoms with Crippen molar-refractivity contribution in [1.29, 1.82) is 10.5 Å². The first-order valence-electron chi connectivity index (χ1n) is 16.1. The lowest BCUT2D eigenvalue weighted by Gasteiger charge is -2.25. The smallest absolute Gasteiger partial charge is 0.260 e. The van der Waals surface area contributed by atoms with Crippen LogP contribution in [0, 0.1) is 22.7 Å². The number of benzene rings is 4. The third-order valence-corrected chi connectivity index (χ3v) is 8.61. The molecule has 0 unspecified atom stereocenters. The topological polar surface area (TPSA) is 241 Å². The molecule has 6 aromatic rings. The lowest BCUT2D eigenvalue weighted by atomic mass is 10.2. The highest BCUT2D eigenvalue weighted by atomic mass is 79.9. The zero-order valence-corrected chi connectivity index (χ0v) is 32.6. The Morgan fingerprint density at radius 3 is 1.49 bits per heavy atom. The van der Waals surface area contributed by atoms with Crippen LogP contribution in [0.3, 0.4) is 0 Å². The first-order valence-corrected chi connectivity index (χ1v) is 18.3.